The molecule has 1 amide bonds. The minimum absolute atomic E-state index is 0.191. The molecule has 122 valence electrons. The van der Waals surface area contributed by atoms with Crippen LogP contribution in [-0.2, 0) is 11.3 Å². The normalized spacial score (nSPS) is 11.6. The van der Waals surface area contributed by atoms with Gasteiger partial charge in [0.25, 0.3) is 0 Å². The molecular weight excluding hydrogens is 294 g/mol. The Morgan fingerprint density at radius 1 is 1.17 bits per heavy atom. The Balaban J connectivity index is 1.69. The molecule has 0 spiro atoms. The highest BCUT2D eigenvalue weighted by Gasteiger charge is 2.06. The van der Waals surface area contributed by atoms with Gasteiger partial charge in [-0.15, -0.1) is 0 Å². The Morgan fingerprint density at radius 2 is 1.91 bits per heavy atom. The van der Waals surface area contributed by atoms with E-state index in [1.807, 2.05) is 36.4 Å². The molecule has 0 radical (unpaired) electrons. The monoisotopic (exact) mass is 315 g/mol. The van der Waals surface area contributed by atoms with E-state index in [0.29, 0.717) is 25.6 Å². The lowest BCUT2D eigenvalue weighted by molar-refractivity contribution is -0.122. The van der Waals surface area contributed by atoms with Gasteiger partial charge in [0.2, 0.25) is 11.8 Å². The number of nitrogens with zero attached hydrogens (tertiary/aromatic N) is 1. The number of pyridine rings is 1. The number of para-hydroxylation sites is 1. The van der Waals surface area contributed by atoms with Crippen molar-refractivity contribution >= 4 is 5.91 Å². The average molecular weight is 315 g/mol. The summed E-state index contributed by atoms with van der Waals surface area (Å²) in [4.78, 5) is 15.6. The van der Waals surface area contributed by atoms with E-state index < -0.39 is 6.04 Å². The fourth-order valence-electron chi connectivity index (χ4n) is 1.77. The smallest absolute Gasteiger partial charge is 0.236 e. The minimum atomic E-state index is -0.518. The lowest BCUT2D eigenvalue weighted by Crippen LogP contribution is -2.37. The van der Waals surface area contributed by atoms with Crippen molar-refractivity contribution in [2.45, 2.75) is 19.5 Å². The number of aromatic nitrogens is 1. The molecule has 0 aliphatic rings. The van der Waals surface area contributed by atoms with Gasteiger partial charge in [0.05, 0.1) is 6.04 Å². The van der Waals surface area contributed by atoms with E-state index >= 15 is 0 Å². The second kappa shape index (κ2) is 8.75. The Morgan fingerprint density at radius 3 is 2.57 bits per heavy atom. The molecule has 1 aromatic heterocycles. The van der Waals surface area contributed by atoms with Crippen LogP contribution in [0.3, 0.4) is 0 Å². The number of hydrogen-bond acceptors (Lipinski definition) is 5. The molecule has 3 N–H and O–H groups in total. The highest BCUT2D eigenvalue weighted by Crippen LogP contribution is 2.09. The molecule has 0 aliphatic carbocycles. The number of hydrogen-bond donors (Lipinski definition) is 2. The van der Waals surface area contributed by atoms with E-state index in [4.69, 9.17) is 15.2 Å². The number of rotatable bonds is 8. The lowest BCUT2D eigenvalue weighted by Gasteiger charge is -2.09. The second-order valence-electron chi connectivity index (χ2n) is 5.02. The van der Waals surface area contributed by atoms with Crippen molar-refractivity contribution in [1.82, 2.24) is 10.3 Å². The summed E-state index contributed by atoms with van der Waals surface area (Å²) in [7, 11) is 0. The van der Waals surface area contributed by atoms with Crippen LogP contribution in [0.1, 0.15) is 12.5 Å². The molecule has 2 rings (SSSR count). The molecule has 6 heteroatoms. The third-order valence-electron chi connectivity index (χ3n) is 3.02. The molecule has 1 aromatic carbocycles. The number of nitrogens with one attached hydrogen (secondary N) is 1. The predicted molar refractivity (Wildman–Crippen MR) is 87.2 cm³/mol. The molecule has 0 aliphatic heterocycles. The Hall–Kier alpha value is -2.60. The topological polar surface area (TPSA) is 86.5 Å². The fraction of sp³-hybridized carbons (Fsp3) is 0.294. The highest BCUT2D eigenvalue weighted by atomic mass is 16.5. The van der Waals surface area contributed by atoms with Gasteiger partial charge in [0, 0.05) is 18.8 Å². The van der Waals surface area contributed by atoms with Gasteiger partial charge in [0.15, 0.2) is 0 Å². The first kappa shape index (κ1) is 16.8. The predicted octanol–water partition coefficient (Wildman–Crippen LogP) is 1.50. The van der Waals surface area contributed by atoms with Crippen LogP contribution in [0.25, 0.3) is 0 Å². The van der Waals surface area contributed by atoms with Gasteiger partial charge in [-0.1, -0.05) is 24.3 Å². The number of carbonyl (C=O) groups excluding carboxylic acids is 1. The first-order valence-electron chi connectivity index (χ1n) is 7.44. The standard InChI is InChI=1S/C17H21N3O3/c1-13(18)17(21)20-12-14-7-8-16(19-11-14)23-10-9-22-15-5-3-2-4-6-15/h2-8,11,13H,9-10,12,18H2,1H3,(H,20,21). The molecule has 1 atom stereocenters. The van der Waals surface area contributed by atoms with E-state index in [9.17, 15) is 4.79 Å². The molecule has 0 saturated heterocycles. The number of carbonyl (C=O) groups is 1. The molecule has 23 heavy (non-hydrogen) atoms. The van der Waals surface area contributed by atoms with Crippen LogP contribution < -0.4 is 20.5 Å². The fourth-order valence-corrected chi connectivity index (χ4v) is 1.77. The highest BCUT2D eigenvalue weighted by molar-refractivity contribution is 5.80. The minimum Gasteiger partial charge on any atom is -0.490 e. The summed E-state index contributed by atoms with van der Waals surface area (Å²) in [5, 5.41) is 2.72. The quantitative estimate of drug-likeness (QED) is 0.721. The molecule has 0 fully saturated rings. The van der Waals surface area contributed by atoms with Gasteiger partial charge in [-0.25, -0.2) is 4.98 Å². The summed E-state index contributed by atoms with van der Waals surface area (Å²) in [5.74, 6) is 1.14. The maximum Gasteiger partial charge on any atom is 0.236 e. The van der Waals surface area contributed by atoms with Gasteiger partial charge >= 0.3 is 0 Å². The van der Waals surface area contributed by atoms with Gasteiger partial charge < -0.3 is 20.5 Å². The Labute approximate surface area is 135 Å². The van der Waals surface area contributed by atoms with Gasteiger partial charge in [0.1, 0.15) is 19.0 Å². The van der Waals surface area contributed by atoms with E-state index in [0.717, 1.165) is 11.3 Å². The van der Waals surface area contributed by atoms with Crippen molar-refractivity contribution in [2.24, 2.45) is 5.73 Å². The van der Waals surface area contributed by atoms with Crippen LogP contribution in [-0.4, -0.2) is 30.1 Å². The van der Waals surface area contributed by atoms with Gasteiger partial charge in [-0.2, -0.15) is 0 Å². The first-order chi connectivity index (χ1) is 11.1. The van der Waals surface area contributed by atoms with Crippen LogP contribution in [0.15, 0.2) is 48.7 Å². The molecular formula is C17H21N3O3. The largest absolute Gasteiger partial charge is 0.490 e. The molecule has 0 bridgehead atoms. The lowest BCUT2D eigenvalue weighted by atomic mass is 10.2. The van der Waals surface area contributed by atoms with Crippen molar-refractivity contribution in [3.8, 4) is 11.6 Å². The number of ether oxygens (including phenoxy) is 2. The van der Waals surface area contributed by atoms with Crippen molar-refractivity contribution < 1.29 is 14.3 Å². The first-order valence-corrected chi connectivity index (χ1v) is 7.44. The summed E-state index contributed by atoms with van der Waals surface area (Å²) < 4.78 is 11.0. The maximum atomic E-state index is 11.4. The molecule has 1 heterocycles. The van der Waals surface area contributed by atoms with Gasteiger partial charge in [-0.05, 0) is 24.6 Å². The molecule has 0 saturated carbocycles. The third-order valence-corrected chi connectivity index (χ3v) is 3.02. The summed E-state index contributed by atoms with van der Waals surface area (Å²) in [6.07, 6.45) is 1.66. The van der Waals surface area contributed by atoms with Crippen LogP contribution >= 0.6 is 0 Å². The molecule has 2 aromatic rings. The SMILES string of the molecule is CC(N)C(=O)NCc1ccc(OCCOc2ccccc2)nc1. The molecule has 1 unspecified atom stereocenters. The third kappa shape index (κ3) is 5.96. The second-order valence-corrected chi connectivity index (χ2v) is 5.02. The van der Waals surface area contributed by atoms with E-state index in [-0.39, 0.29) is 5.91 Å². The number of benzene rings is 1. The van der Waals surface area contributed by atoms with Crippen molar-refractivity contribution in [2.75, 3.05) is 13.2 Å². The van der Waals surface area contributed by atoms with Crippen LogP contribution in [0.2, 0.25) is 0 Å². The average Bonchev–Trinajstić information content (AvgIpc) is 2.58. The van der Waals surface area contributed by atoms with Gasteiger partial charge in [-0.3, -0.25) is 4.79 Å². The van der Waals surface area contributed by atoms with E-state index in [1.54, 1.807) is 19.2 Å². The number of nitrogens with two attached hydrogens (primary N) is 1. The van der Waals surface area contributed by atoms with Crippen LogP contribution in [0.4, 0.5) is 0 Å². The summed E-state index contributed by atoms with van der Waals surface area (Å²) >= 11 is 0. The zero-order chi connectivity index (χ0) is 16.5. The molecule has 6 nitrogen and oxygen atoms in total. The summed E-state index contributed by atoms with van der Waals surface area (Å²) in [6, 6.07) is 12.6. The van der Waals surface area contributed by atoms with Crippen LogP contribution in [0, 0.1) is 0 Å². The zero-order valence-corrected chi connectivity index (χ0v) is 13.1. The summed E-state index contributed by atoms with van der Waals surface area (Å²) in [6.45, 7) is 2.88. The van der Waals surface area contributed by atoms with Crippen molar-refractivity contribution in [3.05, 3.63) is 54.2 Å². The van der Waals surface area contributed by atoms with Crippen molar-refractivity contribution in [1.29, 1.82) is 0 Å². The number of amides is 1. The van der Waals surface area contributed by atoms with E-state index in [2.05, 4.69) is 10.3 Å². The Bertz CT molecular complexity index is 600. The Kier molecular flexibility index (Phi) is 6.38. The zero-order valence-electron chi connectivity index (χ0n) is 13.1. The van der Waals surface area contributed by atoms with Crippen LogP contribution in [0.5, 0.6) is 11.6 Å². The van der Waals surface area contributed by atoms with Crippen molar-refractivity contribution in [3.63, 3.8) is 0 Å². The van der Waals surface area contributed by atoms with E-state index in [1.165, 1.54) is 0 Å². The summed E-state index contributed by atoms with van der Waals surface area (Å²) in [5.41, 5.74) is 6.36. The maximum absolute atomic E-state index is 11.4.